The number of nitrogens with one attached hydrogen (secondary N) is 2. The first-order chi connectivity index (χ1) is 10.2. The minimum Gasteiger partial charge on any atom is -0.495 e. The summed E-state index contributed by atoms with van der Waals surface area (Å²) in [6, 6.07) is 10.9. The third kappa shape index (κ3) is 2.55. The molecular formula is C15H12ClN3O2. The molecule has 21 heavy (non-hydrogen) atoms. The second-order valence-corrected chi connectivity index (χ2v) is 4.77. The maximum atomic E-state index is 12.0. The highest BCUT2D eigenvalue weighted by Crippen LogP contribution is 2.32. The summed E-state index contributed by atoms with van der Waals surface area (Å²) >= 11 is 5.82. The van der Waals surface area contributed by atoms with Gasteiger partial charge in [0.2, 0.25) is 0 Å². The third-order valence-electron chi connectivity index (χ3n) is 3.11. The number of nitrogens with zero attached hydrogens (tertiary/aromatic N) is 1. The largest absolute Gasteiger partial charge is 0.495 e. The lowest BCUT2D eigenvalue weighted by atomic mass is 10.1. The fourth-order valence-corrected chi connectivity index (χ4v) is 2.25. The average molecular weight is 302 g/mol. The molecule has 2 aromatic rings. The van der Waals surface area contributed by atoms with E-state index in [0.717, 1.165) is 5.69 Å². The zero-order chi connectivity index (χ0) is 14.8. The van der Waals surface area contributed by atoms with E-state index in [1.807, 2.05) is 24.3 Å². The molecule has 0 atom stereocenters. The Kier molecular flexibility index (Phi) is 3.50. The van der Waals surface area contributed by atoms with Crippen molar-refractivity contribution in [2.24, 2.45) is 0 Å². The van der Waals surface area contributed by atoms with Crippen molar-refractivity contribution < 1.29 is 9.53 Å². The first kappa shape index (κ1) is 13.5. The number of hydrogen-bond donors (Lipinski definition) is 2. The van der Waals surface area contributed by atoms with Gasteiger partial charge in [-0.1, -0.05) is 23.7 Å². The lowest BCUT2D eigenvalue weighted by Crippen LogP contribution is -2.05. The van der Waals surface area contributed by atoms with Crippen molar-refractivity contribution in [3.05, 3.63) is 53.3 Å². The Labute approximate surface area is 126 Å². The SMILES string of the molecule is COc1ccccc1N/C=C1\C(=O)Nc2nc(Cl)ccc21. The Hall–Kier alpha value is -2.53. The Bertz CT molecular complexity index is 743. The molecule has 2 heterocycles. The van der Waals surface area contributed by atoms with Crippen LogP contribution in [-0.4, -0.2) is 18.0 Å². The van der Waals surface area contributed by atoms with Crippen molar-refractivity contribution in [2.45, 2.75) is 0 Å². The van der Waals surface area contributed by atoms with Crippen LogP contribution in [-0.2, 0) is 4.79 Å². The highest BCUT2D eigenvalue weighted by atomic mass is 35.5. The Morgan fingerprint density at radius 2 is 2.10 bits per heavy atom. The molecule has 0 unspecified atom stereocenters. The molecule has 1 amide bonds. The van der Waals surface area contributed by atoms with Gasteiger partial charge in [0, 0.05) is 11.8 Å². The van der Waals surface area contributed by atoms with Crippen LogP contribution in [0.15, 0.2) is 42.6 Å². The number of halogens is 1. The molecule has 2 N–H and O–H groups in total. The van der Waals surface area contributed by atoms with Crippen LogP contribution >= 0.6 is 11.6 Å². The van der Waals surface area contributed by atoms with E-state index in [1.54, 1.807) is 25.4 Å². The van der Waals surface area contributed by atoms with Crippen LogP contribution in [0, 0.1) is 0 Å². The number of rotatable bonds is 3. The monoisotopic (exact) mass is 301 g/mol. The van der Waals surface area contributed by atoms with E-state index in [-0.39, 0.29) is 5.91 Å². The van der Waals surface area contributed by atoms with Gasteiger partial charge in [-0.2, -0.15) is 0 Å². The summed E-state index contributed by atoms with van der Waals surface area (Å²) in [4.78, 5) is 16.1. The molecule has 1 aliphatic heterocycles. The van der Waals surface area contributed by atoms with Gasteiger partial charge in [-0.3, -0.25) is 4.79 Å². The van der Waals surface area contributed by atoms with Gasteiger partial charge in [-0.15, -0.1) is 0 Å². The first-order valence-electron chi connectivity index (χ1n) is 6.27. The standard InChI is InChI=1S/C15H12ClN3O2/c1-21-12-5-3-2-4-11(12)17-8-10-9-6-7-13(16)18-14(9)19-15(10)20/h2-8,17H,1H3,(H,18,19,20)/b10-8-. The van der Waals surface area contributed by atoms with E-state index in [2.05, 4.69) is 15.6 Å². The van der Waals surface area contributed by atoms with Crippen LogP contribution in [0.4, 0.5) is 11.5 Å². The van der Waals surface area contributed by atoms with Gasteiger partial charge in [-0.05, 0) is 24.3 Å². The van der Waals surface area contributed by atoms with Crippen LogP contribution in [0.1, 0.15) is 5.56 Å². The molecule has 6 heteroatoms. The van der Waals surface area contributed by atoms with Gasteiger partial charge >= 0.3 is 0 Å². The van der Waals surface area contributed by atoms with Crippen LogP contribution in [0.2, 0.25) is 5.15 Å². The second-order valence-electron chi connectivity index (χ2n) is 4.39. The number of ether oxygens (including phenoxy) is 1. The Balaban J connectivity index is 1.92. The highest BCUT2D eigenvalue weighted by Gasteiger charge is 2.25. The molecule has 0 saturated heterocycles. The number of methoxy groups -OCH3 is 1. The normalized spacial score (nSPS) is 14.8. The van der Waals surface area contributed by atoms with E-state index < -0.39 is 0 Å². The van der Waals surface area contributed by atoms with Crippen molar-refractivity contribution in [3.63, 3.8) is 0 Å². The molecule has 1 aromatic heterocycles. The quantitative estimate of drug-likeness (QED) is 0.675. The van der Waals surface area contributed by atoms with E-state index in [0.29, 0.717) is 27.9 Å². The molecule has 5 nitrogen and oxygen atoms in total. The summed E-state index contributed by atoms with van der Waals surface area (Å²) in [5, 5.41) is 6.10. The molecule has 106 valence electrons. The topological polar surface area (TPSA) is 63.2 Å². The van der Waals surface area contributed by atoms with Gasteiger partial charge in [-0.25, -0.2) is 4.98 Å². The average Bonchev–Trinajstić information content (AvgIpc) is 2.80. The van der Waals surface area contributed by atoms with Gasteiger partial charge in [0.1, 0.15) is 16.7 Å². The minimum absolute atomic E-state index is 0.220. The minimum atomic E-state index is -0.220. The van der Waals surface area contributed by atoms with E-state index in [1.165, 1.54) is 0 Å². The zero-order valence-corrected chi connectivity index (χ0v) is 11.9. The summed E-state index contributed by atoms with van der Waals surface area (Å²) in [6.45, 7) is 0. The second kappa shape index (κ2) is 5.46. The molecule has 0 aliphatic carbocycles. The highest BCUT2D eigenvalue weighted by molar-refractivity contribution is 6.33. The summed E-state index contributed by atoms with van der Waals surface area (Å²) in [7, 11) is 1.59. The molecule has 3 rings (SSSR count). The number of amides is 1. The number of pyridine rings is 1. The van der Waals surface area contributed by atoms with Crippen LogP contribution < -0.4 is 15.4 Å². The summed E-state index contributed by atoms with van der Waals surface area (Å²) < 4.78 is 5.25. The predicted molar refractivity (Wildman–Crippen MR) is 82.5 cm³/mol. The smallest absolute Gasteiger partial charge is 0.259 e. The molecular weight excluding hydrogens is 290 g/mol. The maximum absolute atomic E-state index is 12.0. The molecule has 0 saturated carbocycles. The van der Waals surface area contributed by atoms with Gasteiger partial charge in [0.15, 0.2) is 0 Å². The number of fused-ring (bicyclic) bond motifs is 1. The van der Waals surface area contributed by atoms with E-state index >= 15 is 0 Å². The summed E-state index contributed by atoms with van der Waals surface area (Å²) in [6.07, 6.45) is 1.63. The summed E-state index contributed by atoms with van der Waals surface area (Å²) in [5.74, 6) is 0.949. The molecule has 0 spiro atoms. The van der Waals surface area contributed by atoms with Gasteiger partial charge in [0.05, 0.1) is 18.4 Å². The maximum Gasteiger partial charge on any atom is 0.259 e. The zero-order valence-electron chi connectivity index (χ0n) is 11.2. The van der Waals surface area contributed by atoms with Crippen LogP contribution in [0.25, 0.3) is 5.57 Å². The molecule has 1 aromatic carbocycles. The number of carbonyl (C=O) groups is 1. The first-order valence-corrected chi connectivity index (χ1v) is 6.65. The van der Waals surface area contributed by atoms with Crippen molar-refractivity contribution in [2.75, 3.05) is 17.7 Å². The van der Waals surface area contributed by atoms with E-state index in [9.17, 15) is 4.79 Å². The predicted octanol–water partition coefficient (Wildman–Crippen LogP) is 3.15. The number of para-hydroxylation sites is 2. The number of carbonyl (C=O) groups excluding carboxylic acids is 1. The Morgan fingerprint density at radius 3 is 2.90 bits per heavy atom. The van der Waals surface area contributed by atoms with Crippen molar-refractivity contribution in [1.82, 2.24) is 4.98 Å². The van der Waals surface area contributed by atoms with Crippen LogP contribution in [0.5, 0.6) is 5.75 Å². The Morgan fingerprint density at radius 1 is 1.29 bits per heavy atom. The van der Waals surface area contributed by atoms with Gasteiger partial charge < -0.3 is 15.4 Å². The molecule has 1 aliphatic rings. The van der Waals surface area contributed by atoms with Crippen LogP contribution in [0.3, 0.4) is 0 Å². The fourth-order valence-electron chi connectivity index (χ4n) is 2.10. The lowest BCUT2D eigenvalue weighted by Gasteiger charge is -2.08. The van der Waals surface area contributed by atoms with Gasteiger partial charge in [0.25, 0.3) is 5.91 Å². The fraction of sp³-hybridized carbons (Fsp3) is 0.0667. The number of anilines is 2. The van der Waals surface area contributed by atoms with Crippen molar-refractivity contribution >= 4 is 34.6 Å². The number of aromatic nitrogens is 1. The molecule has 0 fully saturated rings. The van der Waals surface area contributed by atoms with Crippen molar-refractivity contribution in [3.8, 4) is 5.75 Å². The summed E-state index contributed by atoms with van der Waals surface area (Å²) in [5.41, 5.74) is 1.99. The molecule has 0 bridgehead atoms. The molecule has 0 radical (unpaired) electrons. The number of benzene rings is 1. The number of hydrogen-bond acceptors (Lipinski definition) is 4. The van der Waals surface area contributed by atoms with E-state index in [4.69, 9.17) is 16.3 Å². The van der Waals surface area contributed by atoms with Crippen molar-refractivity contribution in [1.29, 1.82) is 0 Å². The lowest BCUT2D eigenvalue weighted by molar-refractivity contribution is -0.110. The third-order valence-corrected chi connectivity index (χ3v) is 3.32.